The van der Waals surface area contributed by atoms with E-state index in [1.165, 1.54) is 16.8 Å². The first kappa shape index (κ1) is 22.1. The highest BCUT2D eigenvalue weighted by molar-refractivity contribution is 5.95. The molecule has 0 radical (unpaired) electrons. The van der Waals surface area contributed by atoms with E-state index in [-0.39, 0.29) is 6.04 Å². The fraction of sp³-hybridized carbons (Fsp3) is 0.429. The lowest BCUT2D eigenvalue weighted by molar-refractivity contribution is 0.0891. The SMILES string of the molecule is Cc1c(N2CCNCC2)ccc2c1OC[C@H]1CN(c3ccc(C#N)c4ncccc34)C[C@@H](C)N1C2. The summed E-state index contributed by atoms with van der Waals surface area (Å²) in [5, 5.41) is 14.0. The fourth-order valence-electron chi connectivity index (χ4n) is 6.06. The summed E-state index contributed by atoms with van der Waals surface area (Å²) < 4.78 is 6.57. The zero-order chi connectivity index (χ0) is 23.9. The molecule has 0 aliphatic carbocycles. The first-order valence-corrected chi connectivity index (χ1v) is 12.6. The maximum absolute atomic E-state index is 9.54. The molecule has 0 spiro atoms. The van der Waals surface area contributed by atoms with Gasteiger partial charge in [-0.1, -0.05) is 6.07 Å². The lowest BCUT2D eigenvalue weighted by Crippen LogP contribution is -2.58. The van der Waals surface area contributed by atoms with Gasteiger partial charge < -0.3 is 19.9 Å². The minimum atomic E-state index is 0.288. The normalized spacial score (nSPS) is 22.7. The van der Waals surface area contributed by atoms with Gasteiger partial charge in [-0.2, -0.15) is 5.26 Å². The Kier molecular flexibility index (Phi) is 5.71. The predicted molar refractivity (Wildman–Crippen MR) is 139 cm³/mol. The van der Waals surface area contributed by atoms with Crippen LogP contribution < -0.4 is 19.9 Å². The first-order chi connectivity index (χ1) is 17.1. The minimum absolute atomic E-state index is 0.288. The quantitative estimate of drug-likeness (QED) is 0.619. The van der Waals surface area contributed by atoms with Crippen LogP contribution >= 0.6 is 0 Å². The monoisotopic (exact) mass is 468 g/mol. The summed E-state index contributed by atoms with van der Waals surface area (Å²) in [6.07, 6.45) is 1.76. The molecule has 2 saturated heterocycles. The molecule has 0 amide bonds. The molecule has 1 aromatic heterocycles. The van der Waals surface area contributed by atoms with Crippen LogP contribution in [0.1, 0.15) is 23.6 Å². The molecule has 180 valence electrons. The van der Waals surface area contributed by atoms with E-state index >= 15 is 0 Å². The number of nitrogens with one attached hydrogen (secondary N) is 1. The van der Waals surface area contributed by atoms with Crippen molar-refractivity contribution in [2.75, 3.05) is 55.7 Å². The largest absolute Gasteiger partial charge is 0.491 e. The maximum atomic E-state index is 9.54. The van der Waals surface area contributed by atoms with Gasteiger partial charge in [-0.05, 0) is 44.2 Å². The van der Waals surface area contributed by atoms with Crippen LogP contribution in [0.3, 0.4) is 0 Å². The third-order valence-electron chi connectivity index (χ3n) is 7.85. The van der Waals surface area contributed by atoms with Crippen molar-refractivity contribution < 1.29 is 4.74 Å². The van der Waals surface area contributed by atoms with Crippen LogP contribution in [0, 0.1) is 18.3 Å². The molecule has 0 saturated carbocycles. The number of hydrogen-bond acceptors (Lipinski definition) is 7. The van der Waals surface area contributed by atoms with Crippen LogP contribution in [0.5, 0.6) is 5.75 Å². The van der Waals surface area contributed by atoms with E-state index in [0.29, 0.717) is 18.2 Å². The number of pyridine rings is 1. The van der Waals surface area contributed by atoms with E-state index in [4.69, 9.17) is 4.74 Å². The van der Waals surface area contributed by atoms with Gasteiger partial charge in [0.25, 0.3) is 0 Å². The highest BCUT2D eigenvalue weighted by Crippen LogP contribution is 2.38. The maximum Gasteiger partial charge on any atom is 0.128 e. The molecule has 7 heteroatoms. The average molecular weight is 469 g/mol. The van der Waals surface area contributed by atoms with Crippen molar-refractivity contribution in [3.05, 3.63) is 59.3 Å². The predicted octanol–water partition coefficient (Wildman–Crippen LogP) is 3.30. The van der Waals surface area contributed by atoms with E-state index in [1.54, 1.807) is 6.20 Å². The van der Waals surface area contributed by atoms with Gasteiger partial charge >= 0.3 is 0 Å². The van der Waals surface area contributed by atoms with Gasteiger partial charge in [0.1, 0.15) is 18.4 Å². The molecular formula is C28H32N6O. The summed E-state index contributed by atoms with van der Waals surface area (Å²) in [6.45, 7) is 12.1. The molecule has 0 unspecified atom stereocenters. The van der Waals surface area contributed by atoms with Gasteiger partial charge in [0, 0.05) is 85.9 Å². The molecule has 4 heterocycles. The summed E-state index contributed by atoms with van der Waals surface area (Å²) in [4.78, 5) is 12.0. The zero-order valence-electron chi connectivity index (χ0n) is 20.5. The number of piperazine rings is 2. The van der Waals surface area contributed by atoms with Crippen LogP contribution in [0.15, 0.2) is 42.6 Å². The second-order valence-corrected chi connectivity index (χ2v) is 9.97. The Balaban J connectivity index is 1.29. The number of anilines is 2. The molecule has 2 fully saturated rings. The van der Waals surface area contributed by atoms with E-state index in [9.17, 15) is 5.26 Å². The Morgan fingerprint density at radius 3 is 2.71 bits per heavy atom. The highest BCUT2D eigenvalue weighted by Gasteiger charge is 2.36. The van der Waals surface area contributed by atoms with E-state index < -0.39 is 0 Å². The van der Waals surface area contributed by atoms with Crippen LogP contribution in [0.2, 0.25) is 0 Å². The number of nitriles is 1. The summed E-state index contributed by atoms with van der Waals surface area (Å²) in [5.74, 6) is 1.07. The van der Waals surface area contributed by atoms with Gasteiger partial charge in [0.2, 0.25) is 0 Å². The Morgan fingerprint density at radius 1 is 1.06 bits per heavy atom. The van der Waals surface area contributed by atoms with Crippen molar-refractivity contribution >= 4 is 22.3 Å². The molecule has 1 N–H and O–H groups in total. The number of hydrogen-bond donors (Lipinski definition) is 1. The van der Waals surface area contributed by atoms with Crippen LogP contribution in [0.25, 0.3) is 10.9 Å². The molecule has 3 aliphatic rings. The van der Waals surface area contributed by atoms with E-state index in [2.05, 4.69) is 69.2 Å². The Morgan fingerprint density at radius 2 is 1.89 bits per heavy atom. The highest BCUT2D eigenvalue weighted by atomic mass is 16.5. The number of benzene rings is 2. The smallest absolute Gasteiger partial charge is 0.128 e. The fourth-order valence-corrected chi connectivity index (χ4v) is 6.06. The summed E-state index contributed by atoms with van der Waals surface area (Å²) in [6, 6.07) is 15.5. The minimum Gasteiger partial charge on any atom is -0.491 e. The number of aromatic nitrogens is 1. The van der Waals surface area contributed by atoms with Crippen LogP contribution in [0.4, 0.5) is 11.4 Å². The molecule has 3 aliphatic heterocycles. The van der Waals surface area contributed by atoms with Crippen molar-refractivity contribution in [2.24, 2.45) is 0 Å². The van der Waals surface area contributed by atoms with E-state index in [0.717, 1.165) is 68.2 Å². The Bertz CT molecular complexity index is 1290. The summed E-state index contributed by atoms with van der Waals surface area (Å²) in [7, 11) is 0. The number of rotatable bonds is 2. The lowest BCUT2D eigenvalue weighted by atomic mass is 10.0. The number of ether oxygens (including phenoxy) is 1. The molecule has 2 aromatic carbocycles. The van der Waals surface area contributed by atoms with Crippen molar-refractivity contribution in [3.63, 3.8) is 0 Å². The van der Waals surface area contributed by atoms with Crippen molar-refractivity contribution in [1.29, 1.82) is 5.26 Å². The molecular weight excluding hydrogens is 436 g/mol. The van der Waals surface area contributed by atoms with Crippen molar-refractivity contribution in [1.82, 2.24) is 15.2 Å². The molecule has 35 heavy (non-hydrogen) atoms. The second kappa shape index (κ2) is 9.03. The Labute approximate surface area is 206 Å². The molecule has 7 nitrogen and oxygen atoms in total. The molecule has 2 atom stereocenters. The standard InChI is InChI=1S/C28H32N6O/c1-19-15-33(26-8-5-21(14-29)27-24(26)4-3-9-31-27)17-23-18-35-28-20(2)25(32-12-10-30-11-13-32)7-6-22(28)16-34(19)23/h3-9,19,23,30H,10-13,15-18H2,1-2H3/t19-,23-/m1/s1. The van der Waals surface area contributed by atoms with Gasteiger partial charge in [-0.3, -0.25) is 9.88 Å². The van der Waals surface area contributed by atoms with Crippen LogP contribution in [-0.4, -0.2) is 67.8 Å². The Hall–Kier alpha value is -3.34. The third-order valence-corrected chi connectivity index (χ3v) is 7.85. The van der Waals surface area contributed by atoms with Gasteiger partial charge in [0.05, 0.1) is 17.1 Å². The average Bonchev–Trinajstić information content (AvgIpc) is 3.09. The zero-order valence-corrected chi connectivity index (χ0v) is 20.5. The number of nitrogens with zero attached hydrogens (tertiary/aromatic N) is 5. The molecule has 3 aromatic rings. The van der Waals surface area contributed by atoms with Gasteiger partial charge in [0.15, 0.2) is 0 Å². The number of fused-ring (bicyclic) bond motifs is 3. The third kappa shape index (κ3) is 3.87. The second-order valence-electron chi connectivity index (χ2n) is 9.97. The first-order valence-electron chi connectivity index (χ1n) is 12.6. The van der Waals surface area contributed by atoms with Crippen molar-refractivity contribution in [3.8, 4) is 11.8 Å². The lowest BCUT2D eigenvalue weighted by Gasteiger charge is -2.45. The summed E-state index contributed by atoms with van der Waals surface area (Å²) >= 11 is 0. The topological polar surface area (TPSA) is 67.7 Å². The summed E-state index contributed by atoms with van der Waals surface area (Å²) in [5.41, 5.74) is 6.41. The van der Waals surface area contributed by atoms with Gasteiger partial charge in [-0.15, -0.1) is 0 Å². The van der Waals surface area contributed by atoms with Gasteiger partial charge in [-0.25, -0.2) is 0 Å². The molecule has 0 bridgehead atoms. The molecule has 6 rings (SSSR count). The van der Waals surface area contributed by atoms with Crippen LogP contribution in [-0.2, 0) is 6.54 Å². The van der Waals surface area contributed by atoms with Crippen molar-refractivity contribution in [2.45, 2.75) is 32.5 Å². The van der Waals surface area contributed by atoms with E-state index in [1.807, 2.05) is 12.1 Å².